The molecule has 0 saturated carbocycles. The van der Waals surface area contributed by atoms with Crippen LogP contribution in [-0.4, -0.2) is 34.1 Å². The van der Waals surface area contributed by atoms with Crippen molar-refractivity contribution in [2.24, 2.45) is 0 Å². The Morgan fingerprint density at radius 3 is 1.65 bits per heavy atom. The number of rotatable bonds is 11. The summed E-state index contributed by atoms with van der Waals surface area (Å²) in [7, 11) is -4.06. The van der Waals surface area contributed by atoms with E-state index in [-0.39, 0.29) is 22.2 Å². The Morgan fingerprint density at radius 2 is 1.16 bits per heavy atom. The van der Waals surface area contributed by atoms with Crippen molar-refractivity contribution in [2.75, 3.05) is 0 Å². The Balaban J connectivity index is 1.87. The molecule has 12 heteroatoms. The van der Waals surface area contributed by atoms with Crippen LogP contribution in [0.3, 0.4) is 0 Å². The van der Waals surface area contributed by atoms with Crippen molar-refractivity contribution in [3.63, 3.8) is 0 Å². The molecule has 3 aromatic rings. The van der Waals surface area contributed by atoms with Gasteiger partial charge in [0.25, 0.3) is 5.60 Å². The summed E-state index contributed by atoms with van der Waals surface area (Å²) in [5, 5.41) is 9.92. The van der Waals surface area contributed by atoms with E-state index in [2.05, 4.69) is 73.8 Å². The Hall–Kier alpha value is -2.65. The molecule has 0 atom stereocenters. The van der Waals surface area contributed by atoms with Gasteiger partial charge in [-0.2, -0.15) is 26.3 Å². The Bertz CT molecular complexity index is 1590. The quantitative estimate of drug-likeness (QED) is 0.158. The summed E-state index contributed by atoms with van der Waals surface area (Å²) in [4.78, 5) is 0. The Kier molecular flexibility index (Phi) is 11.8. The predicted octanol–water partition coefficient (Wildman–Crippen LogP) is 11.6. The number of hydrogen-bond donors (Lipinski definition) is 1. The number of aryl methyl sites for hydroxylation is 1. The number of aliphatic hydroxyl groups is 1. The van der Waals surface area contributed by atoms with E-state index < -0.39 is 40.2 Å². The predicted molar refractivity (Wildman–Crippen MR) is 187 cm³/mol. The van der Waals surface area contributed by atoms with Gasteiger partial charge in [0.2, 0.25) is 0 Å². The Morgan fingerprint density at radius 1 is 0.633 bits per heavy atom. The van der Waals surface area contributed by atoms with E-state index in [4.69, 9.17) is 13.6 Å². The molecule has 49 heavy (non-hydrogen) atoms. The van der Waals surface area contributed by atoms with Gasteiger partial charge in [-0.25, -0.2) is 0 Å². The molecule has 0 fully saturated rings. The molecule has 4 nitrogen and oxygen atoms in total. The fourth-order valence-corrected chi connectivity index (χ4v) is 6.51. The SMILES string of the molecule is Cc1cc(C(O)(C(F)(F)F)C(F)(F)F)ccc1-c1cccc(OCc2ccc(CO[Si](C)(C)C(C)(C)C)c(CO[Si](C)(C)C(C)(C)C)c2)c1. The van der Waals surface area contributed by atoms with E-state index in [0.29, 0.717) is 42.2 Å². The summed E-state index contributed by atoms with van der Waals surface area (Å²) in [6, 6.07) is 15.4. The monoisotopic (exact) mass is 728 g/mol. The molecule has 0 aliphatic carbocycles. The number of hydrogen-bond acceptors (Lipinski definition) is 4. The van der Waals surface area contributed by atoms with Gasteiger partial charge in [-0.3, -0.25) is 0 Å². The topological polar surface area (TPSA) is 47.9 Å². The third-order valence-corrected chi connectivity index (χ3v) is 19.0. The first-order valence-corrected chi connectivity index (χ1v) is 22.0. The number of halogens is 6. The second kappa shape index (κ2) is 14.2. The second-order valence-corrected chi connectivity index (χ2v) is 25.4. The van der Waals surface area contributed by atoms with Crippen LogP contribution < -0.4 is 4.74 Å². The molecule has 0 aliphatic rings. The highest BCUT2D eigenvalue weighted by atomic mass is 28.4. The van der Waals surface area contributed by atoms with Crippen LogP contribution in [0, 0.1) is 6.92 Å². The fraction of sp³-hybridized carbons (Fsp3) is 0.514. The van der Waals surface area contributed by atoms with Crippen molar-refractivity contribution in [1.29, 1.82) is 0 Å². The first kappa shape index (κ1) is 40.8. The maximum atomic E-state index is 13.4. The average molecular weight is 729 g/mol. The molecule has 0 amide bonds. The highest BCUT2D eigenvalue weighted by molar-refractivity contribution is 6.74. The highest BCUT2D eigenvalue weighted by Crippen LogP contribution is 2.50. The molecule has 0 aliphatic heterocycles. The van der Waals surface area contributed by atoms with E-state index in [0.717, 1.165) is 22.8 Å². The van der Waals surface area contributed by atoms with Crippen LogP contribution in [-0.2, 0) is 34.3 Å². The molecular formula is C37H50F6O4Si2. The largest absolute Gasteiger partial charge is 0.489 e. The minimum Gasteiger partial charge on any atom is -0.489 e. The van der Waals surface area contributed by atoms with E-state index in [1.807, 2.05) is 12.1 Å². The Labute approximate surface area is 289 Å². The lowest BCUT2D eigenvalue weighted by Crippen LogP contribution is -2.53. The van der Waals surface area contributed by atoms with Crippen molar-refractivity contribution in [1.82, 2.24) is 0 Å². The standard InChI is InChI=1S/C37H50F6O4Si2/c1-25-19-30(35(44,36(38,39)40)37(41,42)43)17-18-32(25)27-13-12-14-31(21-27)45-22-26-15-16-28(23-46-48(8,9)33(2,3)4)29(20-26)24-47-49(10,11)34(5,6)7/h12-21,44H,22-24H2,1-11H3. The molecule has 0 aromatic heterocycles. The zero-order chi connectivity index (χ0) is 37.4. The molecule has 0 bridgehead atoms. The lowest BCUT2D eigenvalue weighted by molar-refractivity contribution is -0.376. The fourth-order valence-electron chi connectivity index (χ4n) is 4.61. The van der Waals surface area contributed by atoms with Crippen molar-refractivity contribution >= 4 is 16.6 Å². The summed E-state index contributed by atoms with van der Waals surface area (Å²) < 4.78 is 99.9. The summed E-state index contributed by atoms with van der Waals surface area (Å²) in [6.45, 7) is 24.5. The van der Waals surface area contributed by atoms with Gasteiger partial charge < -0.3 is 18.7 Å². The van der Waals surface area contributed by atoms with Crippen molar-refractivity contribution in [3.05, 3.63) is 88.5 Å². The van der Waals surface area contributed by atoms with Gasteiger partial charge in [-0.15, -0.1) is 0 Å². The second-order valence-electron chi connectivity index (χ2n) is 15.8. The molecule has 0 unspecified atom stereocenters. The van der Waals surface area contributed by atoms with E-state index in [9.17, 15) is 31.4 Å². The smallest absolute Gasteiger partial charge is 0.430 e. The summed E-state index contributed by atoms with van der Waals surface area (Å²) >= 11 is 0. The minimum atomic E-state index is -5.96. The molecular weight excluding hydrogens is 679 g/mol. The van der Waals surface area contributed by atoms with Gasteiger partial charge >= 0.3 is 12.4 Å². The van der Waals surface area contributed by atoms with E-state index in [1.54, 1.807) is 24.3 Å². The van der Waals surface area contributed by atoms with Gasteiger partial charge in [0.1, 0.15) is 12.4 Å². The molecule has 0 radical (unpaired) electrons. The molecule has 0 saturated heterocycles. The summed E-state index contributed by atoms with van der Waals surface area (Å²) in [6.07, 6.45) is -11.9. The maximum absolute atomic E-state index is 13.4. The molecule has 0 spiro atoms. The highest BCUT2D eigenvalue weighted by Gasteiger charge is 2.71. The summed E-state index contributed by atoms with van der Waals surface area (Å²) in [5.41, 5.74) is -2.26. The average Bonchev–Trinajstić information content (AvgIpc) is 2.95. The summed E-state index contributed by atoms with van der Waals surface area (Å²) in [5.74, 6) is 0.465. The first-order valence-electron chi connectivity index (χ1n) is 16.2. The van der Waals surface area contributed by atoms with Crippen LogP contribution in [0.15, 0.2) is 60.7 Å². The molecule has 1 N–H and O–H groups in total. The van der Waals surface area contributed by atoms with Crippen molar-refractivity contribution in [2.45, 2.75) is 123 Å². The number of alkyl halides is 6. The van der Waals surface area contributed by atoms with Crippen LogP contribution in [0.1, 0.15) is 69.4 Å². The molecule has 272 valence electrons. The van der Waals surface area contributed by atoms with Crippen LogP contribution in [0.4, 0.5) is 26.3 Å². The van der Waals surface area contributed by atoms with Crippen LogP contribution in [0.25, 0.3) is 11.1 Å². The van der Waals surface area contributed by atoms with Crippen molar-refractivity contribution < 1.29 is 45.0 Å². The zero-order valence-corrected chi connectivity index (χ0v) is 32.3. The van der Waals surface area contributed by atoms with Crippen LogP contribution in [0.2, 0.25) is 36.3 Å². The first-order chi connectivity index (χ1) is 22.1. The van der Waals surface area contributed by atoms with Crippen LogP contribution >= 0.6 is 0 Å². The maximum Gasteiger partial charge on any atom is 0.430 e. The zero-order valence-electron chi connectivity index (χ0n) is 30.3. The minimum absolute atomic E-state index is 0.0348. The van der Waals surface area contributed by atoms with Gasteiger partial charge in [0.15, 0.2) is 16.6 Å². The van der Waals surface area contributed by atoms with Gasteiger partial charge in [0, 0.05) is 5.56 Å². The normalized spacial score (nSPS) is 13.9. The van der Waals surface area contributed by atoms with Crippen molar-refractivity contribution in [3.8, 4) is 16.9 Å². The van der Waals surface area contributed by atoms with E-state index in [1.165, 1.54) is 6.92 Å². The third-order valence-electron chi connectivity index (χ3n) is 10.1. The third kappa shape index (κ3) is 9.18. The number of benzene rings is 3. The van der Waals surface area contributed by atoms with Crippen LogP contribution in [0.5, 0.6) is 5.75 Å². The van der Waals surface area contributed by atoms with E-state index >= 15 is 0 Å². The molecule has 3 aromatic carbocycles. The lowest BCUT2D eigenvalue weighted by atomic mass is 9.88. The van der Waals surface area contributed by atoms with Gasteiger partial charge in [-0.1, -0.05) is 84.0 Å². The van der Waals surface area contributed by atoms with Gasteiger partial charge in [0.05, 0.1) is 13.2 Å². The lowest BCUT2D eigenvalue weighted by Gasteiger charge is -2.37. The molecule has 3 rings (SSSR count). The number of ether oxygens (including phenoxy) is 1. The van der Waals surface area contributed by atoms with Gasteiger partial charge in [-0.05, 0) is 94.8 Å². The molecule has 0 heterocycles.